The first-order valence-electron chi connectivity index (χ1n) is 14.4. The van der Waals surface area contributed by atoms with E-state index in [1.807, 2.05) is 0 Å². The number of aliphatic hydroxyl groups excluding tert-OH is 2. The van der Waals surface area contributed by atoms with Crippen molar-refractivity contribution in [2.45, 2.75) is 56.5 Å². The van der Waals surface area contributed by atoms with Gasteiger partial charge in [-0.15, -0.1) is 0 Å². The third kappa shape index (κ3) is 4.02. The van der Waals surface area contributed by atoms with Crippen LogP contribution in [0.1, 0.15) is 49.0 Å². The van der Waals surface area contributed by atoms with Crippen LogP contribution in [0.4, 0.5) is 0 Å². The van der Waals surface area contributed by atoms with Gasteiger partial charge in [0.05, 0.1) is 32.6 Å². The highest BCUT2D eigenvalue weighted by Gasteiger charge is 2.64. The van der Waals surface area contributed by atoms with Crippen LogP contribution in [-0.4, -0.2) is 87.5 Å². The molecular formula is C32H30O14. The highest BCUT2D eigenvalue weighted by atomic mass is 16.6. The highest BCUT2D eigenvalue weighted by Crippen LogP contribution is 2.55. The SMILES string of the molecule is COC(=O)C1(C2OC(=O)CC2C)CC(=O)c2c(ccc(-c3ccc(O)c4c3OC3(C(=O)OC)C(=C4O)C(=O)CC(C)C3O)c2O)O1. The van der Waals surface area contributed by atoms with Gasteiger partial charge < -0.3 is 44.1 Å². The number of aliphatic hydroxyl groups is 2. The lowest BCUT2D eigenvalue weighted by Gasteiger charge is -2.45. The van der Waals surface area contributed by atoms with Gasteiger partial charge in [-0.25, -0.2) is 9.59 Å². The fraction of sp³-hybridized carbons (Fsp3) is 0.406. The number of Topliss-reactive ketones (excluding diaryl/α,β-unsaturated/α-hetero) is 2. The van der Waals surface area contributed by atoms with Crippen molar-refractivity contribution in [3.63, 3.8) is 0 Å². The zero-order valence-electron chi connectivity index (χ0n) is 25.1. The van der Waals surface area contributed by atoms with E-state index in [1.54, 1.807) is 6.92 Å². The number of ketones is 2. The summed E-state index contributed by atoms with van der Waals surface area (Å²) in [4.78, 5) is 65.3. The van der Waals surface area contributed by atoms with Crippen LogP contribution in [0.3, 0.4) is 0 Å². The van der Waals surface area contributed by atoms with Crippen LogP contribution in [-0.2, 0) is 33.4 Å². The fourth-order valence-corrected chi connectivity index (χ4v) is 7.00. The van der Waals surface area contributed by atoms with Crippen LogP contribution in [0, 0.1) is 11.8 Å². The fourth-order valence-electron chi connectivity index (χ4n) is 7.00. The van der Waals surface area contributed by atoms with Gasteiger partial charge in [-0.05, 0) is 30.2 Å². The molecular weight excluding hydrogens is 608 g/mol. The van der Waals surface area contributed by atoms with E-state index >= 15 is 0 Å². The molecule has 6 unspecified atom stereocenters. The van der Waals surface area contributed by atoms with E-state index in [-0.39, 0.29) is 35.3 Å². The van der Waals surface area contributed by atoms with E-state index in [4.69, 9.17) is 23.7 Å². The van der Waals surface area contributed by atoms with Gasteiger partial charge >= 0.3 is 17.9 Å². The summed E-state index contributed by atoms with van der Waals surface area (Å²) < 4.78 is 27.4. The molecule has 1 saturated heterocycles. The molecule has 0 spiro atoms. The number of aromatic hydroxyl groups is 2. The van der Waals surface area contributed by atoms with Gasteiger partial charge in [-0.1, -0.05) is 13.8 Å². The quantitative estimate of drug-likeness (QED) is 0.279. The minimum absolute atomic E-state index is 0.0148. The molecule has 2 aromatic carbocycles. The summed E-state index contributed by atoms with van der Waals surface area (Å²) in [6.07, 6.45) is -3.74. The number of methoxy groups -OCH3 is 2. The highest BCUT2D eigenvalue weighted by molar-refractivity contribution is 6.13. The number of phenolic OH excluding ortho intramolecular Hbond substituents is 2. The van der Waals surface area contributed by atoms with Crippen molar-refractivity contribution in [2.75, 3.05) is 14.2 Å². The Bertz CT molecular complexity index is 1770. The second-order valence-corrected chi connectivity index (χ2v) is 11.9. The molecule has 3 heterocycles. The normalized spacial score (nSPS) is 29.9. The Morgan fingerprint density at radius 3 is 2.15 bits per heavy atom. The molecule has 2 aromatic rings. The number of fused-ring (bicyclic) bond motifs is 3. The molecule has 2 fully saturated rings. The van der Waals surface area contributed by atoms with Gasteiger partial charge in [0.15, 0.2) is 17.7 Å². The predicted octanol–water partition coefficient (Wildman–Crippen LogP) is 2.14. The maximum absolute atomic E-state index is 13.7. The van der Waals surface area contributed by atoms with Crippen LogP contribution in [0.25, 0.3) is 16.9 Å². The Kier molecular flexibility index (Phi) is 7.04. The first-order chi connectivity index (χ1) is 21.7. The van der Waals surface area contributed by atoms with Crippen molar-refractivity contribution in [1.82, 2.24) is 0 Å². The maximum atomic E-state index is 13.7. The summed E-state index contributed by atoms with van der Waals surface area (Å²) in [5.74, 6) is -8.17. The van der Waals surface area contributed by atoms with Crippen molar-refractivity contribution in [1.29, 1.82) is 0 Å². The summed E-state index contributed by atoms with van der Waals surface area (Å²) in [6.45, 7) is 3.16. The van der Waals surface area contributed by atoms with Gasteiger partial charge in [0, 0.05) is 23.5 Å². The standard InChI is InChI=1S/C32H30O14/c1-12-9-17(34)23-25(38)22-16(33)7-5-15(26(22)46-32(23,27(12)39)30(41)43-4)14-6-8-19-21(24(14)37)18(35)11-31(45-19,29(40)42-3)28-13(2)10-20(36)44-28/h5-8,12-13,27-28,33,37-39H,9-11H2,1-4H3. The Morgan fingerprint density at radius 2 is 1.52 bits per heavy atom. The Hall–Kier alpha value is -5.11. The summed E-state index contributed by atoms with van der Waals surface area (Å²) in [5.41, 5.74) is -6.04. The number of carbonyl (C=O) groups is 5. The second-order valence-electron chi connectivity index (χ2n) is 11.9. The van der Waals surface area contributed by atoms with Gasteiger partial charge in [-0.2, -0.15) is 0 Å². The average Bonchev–Trinajstić information content (AvgIpc) is 3.36. The van der Waals surface area contributed by atoms with Crippen LogP contribution in [0.5, 0.6) is 23.0 Å². The van der Waals surface area contributed by atoms with Crippen molar-refractivity contribution in [3.8, 4) is 34.1 Å². The maximum Gasteiger partial charge on any atom is 0.358 e. The van der Waals surface area contributed by atoms with Crippen LogP contribution >= 0.6 is 0 Å². The number of ether oxygens (including phenoxy) is 5. The number of phenols is 2. The molecule has 1 saturated carbocycles. The monoisotopic (exact) mass is 638 g/mol. The first kappa shape index (κ1) is 30.9. The number of cyclic esters (lactones) is 1. The van der Waals surface area contributed by atoms with Crippen LogP contribution in [0.2, 0.25) is 0 Å². The zero-order valence-corrected chi connectivity index (χ0v) is 25.1. The molecule has 242 valence electrons. The lowest BCUT2D eigenvalue weighted by molar-refractivity contribution is -0.177. The minimum Gasteiger partial charge on any atom is -0.507 e. The second kappa shape index (κ2) is 10.5. The van der Waals surface area contributed by atoms with E-state index in [9.17, 15) is 44.4 Å². The number of benzene rings is 2. The van der Waals surface area contributed by atoms with E-state index in [2.05, 4.69) is 0 Å². The van der Waals surface area contributed by atoms with Gasteiger partial charge in [-0.3, -0.25) is 14.4 Å². The molecule has 0 aromatic heterocycles. The summed E-state index contributed by atoms with van der Waals surface area (Å²) in [5, 5.41) is 44.9. The summed E-state index contributed by atoms with van der Waals surface area (Å²) in [6, 6.07) is 4.98. The van der Waals surface area contributed by atoms with Crippen molar-refractivity contribution in [2.24, 2.45) is 11.8 Å². The van der Waals surface area contributed by atoms with Gasteiger partial charge in [0.25, 0.3) is 5.60 Å². The number of hydrogen-bond donors (Lipinski definition) is 4. The van der Waals surface area contributed by atoms with E-state index in [1.165, 1.54) is 25.1 Å². The van der Waals surface area contributed by atoms with E-state index in [0.717, 1.165) is 20.3 Å². The van der Waals surface area contributed by atoms with Crippen LogP contribution < -0.4 is 9.47 Å². The number of hydrogen-bond acceptors (Lipinski definition) is 14. The molecule has 0 radical (unpaired) electrons. The third-order valence-electron chi connectivity index (χ3n) is 9.15. The number of esters is 3. The molecule has 6 atom stereocenters. The number of carbonyl (C=O) groups excluding carboxylic acids is 5. The van der Waals surface area contributed by atoms with Crippen molar-refractivity contribution < 1.29 is 68.1 Å². The first-order valence-corrected chi connectivity index (χ1v) is 14.4. The molecule has 14 nitrogen and oxygen atoms in total. The molecule has 14 heteroatoms. The van der Waals surface area contributed by atoms with E-state index in [0.29, 0.717) is 0 Å². The Balaban J connectivity index is 1.53. The molecule has 3 aliphatic heterocycles. The summed E-state index contributed by atoms with van der Waals surface area (Å²) >= 11 is 0. The molecule has 0 amide bonds. The lowest BCUT2D eigenvalue weighted by atomic mass is 9.69. The third-order valence-corrected chi connectivity index (χ3v) is 9.15. The number of rotatable bonds is 4. The Labute approximate surface area is 261 Å². The largest absolute Gasteiger partial charge is 0.507 e. The smallest absolute Gasteiger partial charge is 0.358 e. The summed E-state index contributed by atoms with van der Waals surface area (Å²) in [7, 11) is 2.10. The van der Waals surface area contributed by atoms with Crippen LogP contribution in [0.15, 0.2) is 29.8 Å². The lowest BCUT2D eigenvalue weighted by Crippen LogP contribution is -2.64. The molecule has 0 bridgehead atoms. The Morgan fingerprint density at radius 1 is 0.848 bits per heavy atom. The minimum atomic E-state index is -2.53. The molecule has 6 rings (SSSR count). The van der Waals surface area contributed by atoms with Crippen molar-refractivity contribution >= 4 is 35.2 Å². The zero-order chi connectivity index (χ0) is 33.5. The average molecular weight is 639 g/mol. The topological polar surface area (TPSA) is 212 Å². The van der Waals surface area contributed by atoms with E-state index < -0.39 is 105 Å². The van der Waals surface area contributed by atoms with Gasteiger partial charge in [0.2, 0.25) is 5.60 Å². The van der Waals surface area contributed by atoms with Gasteiger partial charge in [0.1, 0.15) is 46.0 Å². The predicted molar refractivity (Wildman–Crippen MR) is 153 cm³/mol. The molecule has 1 aliphatic carbocycles. The van der Waals surface area contributed by atoms with Crippen molar-refractivity contribution in [3.05, 3.63) is 41.0 Å². The molecule has 4 aliphatic rings. The molecule has 46 heavy (non-hydrogen) atoms. The molecule has 4 N–H and O–H groups in total.